The van der Waals surface area contributed by atoms with Gasteiger partial charge in [0.2, 0.25) is 10.0 Å². The number of ether oxygens (including phenoxy) is 1. The van der Waals surface area contributed by atoms with Crippen molar-refractivity contribution in [1.82, 2.24) is 4.72 Å². The summed E-state index contributed by atoms with van der Waals surface area (Å²) in [6.07, 6.45) is 0.216. The quantitative estimate of drug-likeness (QED) is 0.849. The predicted molar refractivity (Wildman–Crippen MR) is 77.6 cm³/mol. The number of benzene rings is 1. The fraction of sp³-hybridized carbons (Fsp3) is 0.462. The van der Waals surface area contributed by atoms with Gasteiger partial charge in [-0.2, -0.15) is 4.72 Å². The molecule has 0 aliphatic carbocycles. The van der Waals surface area contributed by atoms with E-state index < -0.39 is 21.5 Å². The summed E-state index contributed by atoms with van der Waals surface area (Å²) in [6.45, 7) is 0.429. The van der Waals surface area contributed by atoms with Gasteiger partial charge in [-0.05, 0) is 17.7 Å². The minimum atomic E-state index is -3.80. The van der Waals surface area contributed by atoms with E-state index in [-0.39, 0.29) is 31.8 Å². The highest BCUT2D eigenvalue weighted by Gasteiger charge is 2.43. The maximum atomic E-state index is 12.2. The van der Waals surface area contributed by atoms with Crippen molar-refractivity contribution < 1.29 is 23.1 Å². The van der Waals surface area contributed by atoms with E-state index in [9.17, 15) is 18.3 Å². The first-order valence-electron chi connectivity index (χ1n) is 6.40. The number of rotatable bonds is 5. The number of carboxylic acid groups (broad SMARTS) is 1. The van der Waals surface area contributed by atoms with Crippen LogP contribution < -0.4 is 4.72 Å². The number of halogens is 1. The number of nitrogens with one attached hydrogen (secondary N) is 1. The Morgan fingerprint density at radius 1 is 1.38 bits per heavy atom. The standard InChI is InChI=1S/C13H16ClNO5S/c14-11-3-1-2-10(8-11)9-21(18,19)15-13(12(16)17)4-6-20-7-5-13/h1-3,8,15H,4-7,9H2,(H,16,17). The van der Waals surface area contributed by atoms with Crippen LogP contribution in [0.15, 0.2) is 24.3 Å². The first-order valence-corrected chi connectivity index (χ1v) is 8.43. The zero-order chi connectivity index (χ0) is 15.5. The molecule has 1 aromatic rings. The van der Waals surface area contributed by atoms with Gasteiger partial charge in [0.05, 0.1) is 5.75 Å². The molecule has 0 spiro atoms. The number of hydrogen-bond acceptors (Lipinski definition) is 4. The third kappa shape index (κ3) is 4.16. The lowest BCUT2D eigenvalue weighted by molar-refractivity contribution is -0.147. The highest BCUT2D eigenvalue weighted by atomic mass is 35.5. The zero-order valence-corrected chi connectivity index (χ0v) is 12.8. The minimum Gasteiger partial charge on any atom is -0.480 e. The molecule has 8 heteroatoms. The molecule has 1 saturated heterocycles. The SMILES string of the molecule is O=C(O)C1(NS(=O)(=O)Cc2cccc(Cl)c2)CCOCC1. The van der Waals surface area contributed by atoms with Crippen molar-refractivity contribution in [3.05, 3.63) is 34.9 Å². The van der Waals surface area contributed by atoms with Crippen molar-refractivity contribution in [2.45, 2.75) is 24.1 Å². The summed E-state index contributed by atoms with van der Waals surface area (Å²) in [7, 11) is -3.80. The zero-order valence-electron chi connectivity index (χ0n) is 11.2. The van der Waals surface area contributed by atoms with Crippen molar-refractivity contribution in [3.8, 4) is 0 Å². The van der Waals surface area contributed by atoms with E-state index >= 15 is 0 Å². The van der Waals surface area contributed by atoms with Gasteiger partial charge in [0.25, 0.3) is 0 Å². The van der Waals surface area contributed by atoms with E-state index in [1.807, 2.05) is 0 Å². The van der Waals surface area contributed by atoms with Gasteiger partial charge in [0.1, 0.15) is 5.54 Å². The van der Waals surface area contributed by atoms with E-state index in [1.165, 1.54) is 6.07 Å². The fourth-order valence-corrected chi connectivity index (χ4v) is 4.05. The number of sulfonamides is 1. The van der Waals surface area contributed by atoms with Crippen molar-refractivity contribution >= 4 is 27.6 Å². The van der Waals surface area contributed by atoms with Crippen LogP contribution in [0.1, 0.15) is 18.4 Å². The number of carbonyl (C=O) groups is 1. The normalized spacial score (nSPS) is 18.3. The molecule has 0 radical (unpaired) electrons. The predicted octanol–water partition coefficient (Wildman–Crippen LogP) is 1.39. The van der Waals surface area contributed by atoms with Crippen LogP contribution in [0.2, 0.25) is 5.02 Å². The lowest BCUT2D eigenvalue weighted by Crippen LogP contribution is -2.57. The van der Waals surface area contributed by atoms with Gasteiger partial charge in [0.15, 0.2) is 0 Å². The third-order valence-electron chi connectivity index (χ3n) is 3.35. The summed E-state index contributed by atoms with van der Waals surface area (Å²) >= 11 is 5.82. The molecule has 1 aromatic carbocycles. The average Bonchev–Trinajstić information content (AvgIpc) is 2.38. The molecule has 1 aliphatic heterocycles. The molecule has 0 atom stereocenters. The van der Waals surface area contributed by atoms with Crippen LogP contribution in [-0.4, -0.2) is 38.2 Å². The van der Waals surface area contributed by atoms with E-state index in [4.69, 9.17) is 16.3 Å². The maximum absolute atomic E-state index is 12.2. The molecule has 0 aromatic heterocycles. The van der Waals surface area contributed by atoms with Crippen molar-refractivity contribution in [2.24, 2.45) is 0 Å². The van der Waals surface area contributed by atoms with Crippen molar-refractivity contribution in [3.63, 3.8) is 0 Å². The Kier molecular flexibility index (Phi) is 4.88. The Hall–Kier alpha value is -1.15. The summed E-state index contributed by atoms with van der Waals surface area (Å²) in [6, 6.07) is 6.46. The van der Waals surface area contributed by atoms with Crippen LogP contribution in [-0.2, 0) is 25.3 Å². The fourth-order valence-electron chi connectivity index (χ4n) is 2.26. The molecular weight excluding hydrogens is 318 g/mol. The molecule has 0 saturated carbocycles. The lowest BCUT2D eigenvalue weighted by Gasteiger charge is -2.33. The number of aliphatic carboxylic acids is 1. The van der Waals surface area contributed by atoms with Crippen LogP contribution in [0.4, 0.5) is 0 Å². The molecule has 2 rings (SSSR count). The number of hydrogen-bond donors (Lipinski definition) is 2. The second kappa shape index (κ2) is 6.31. The van der Waals surface area contributed by atoms with Crippen LogP contribution in [0.5, 0.6) is 0 Å². The second-order valence-corrected chi connectivity index (χ2v) is 7.15. The molecule has 2 N–H and O–H groups in total. The van der Waals surface area contributed by atoms with Crippen molar-refractivity contribution in [2.75, 3.05) is 13.2 Å². The molecule has 6 nitrogen and oxygen atoms in total. The monoisotopic (exact) mass is 333 g/mol. The molecule has 0 amide bonds. The second-order valence-electron chi connectivity index (χ2n) is 4.99. The van der Waals surface area contributed by atoms with Crippen LogP contribution >= 0.6 is 11.6 Å². The highest BCUT2D eigenvalue weighted by Crippen LogP contribution is 2.23. The summed E-state index contributed by atoms with van der Waals surface area (Å²) in [5.41, 5.74) is -0.988. The first-order chi connectivity index (χ1) is 9.83. The van der Waals surface area contributed by atoms with Gasteiger partial charge in [0, 0.05) is 31.1 Å². The van der Waals surface area contributed by atoms with Gasteiger partial charge in [-0.25, -0.2) is 8.42 Å². The smallest absolute Gasteiger partial charge is 0.325 e. The van der Waals surface area contributed by atoms with E-state index in [0.29, 0.717) is 10.6 Å². The average molecular weight is 334 g/mol. The Morgan fingerprint density at radius 2 is 2.05 bits per heavy atom. The lowest BCUT2D eigenvalue weighted by atomic mass is 9.92. The Bertz CT molecular complexity index is 625. The summed E-state index contributed by atoms with van der Waals surface area (Å²) < 4.78 is 31.9. The molecule has 1 heterocycles. The van der Waals surface area contributed by atoms with Crippen LogP contribution in [0.3, 0.4) is 0 Å². The van der Waals surface area contributed by atoms with Crippen LogP contribution in [0.25, 0.3) is 0 Å². The van der Waals surface area contributed by atoms with E-state index in [2.05, 4.69) is 4.72 Å². The van der Waals surface area contributed by atoms with E-state index in [1.54, 1.807) is 18.2 Å². The van der Waals surface area contributed by atoms with Gasteiger partial charge < -0.3 is 9.84 Å². The molecule has 1 fully saturated rings. The number of carboxylic acids is 1. The molecule has 1 aliphatic rings. The van der Waals surface area contributed by atoms with Crippen molar-refractivity contribution in [1.29, 1.82) is 0 Å². The topological polar surface area (TPSA) is 92.7 Å². The third-order valence-corrected chi connectivity index (χ3v) is 5.00. The molecular formula is C13H16ClNO5S. The van der Waals surface area contributed by atoms with Gasteiger partial charge in [-0.1, -0.05) is 23.7 Å². The highest BCUT2D eigenvalue weighted by molar-refractivity contribution is 7.88. The minimum absolute atomic E-state index is 0.108. The Labute approximate surface area is 128 Å². The van der Waals surface area contributed by atoms with Crippen LogP contribution in [0, 0.1) is 0 Å². The summed E-state index contributed by atoms with van der Waals surface area (Å²) in [5.74, 6) is -1.50. The van der Waals surface area contributed by atoms with Gasteiger partial charge in [-0.3, -0.25) is 4.79 Å². The first kappa shape index (κ1) is 16.2. The van der Waals surface area contributed by atoms with Gasteiger partial charge >= 0.3 is 5.97 Å². The molecule has 0 unspecified atom stereocenters. The Balaban J connectivity index is 2.17. The van der Waals surface area contributed by atoms with Gasteiger partial charge in [-0.15, -0.1) is 0 Å². The van der Waals surface area contributed by atoms with E-state index in [0.717, 1.165) is 0 Å². The summed E-state index contributed by atoms with van der Waals surface area (Å²) in [5, 5.41) is 9.79. The molecule has 116 valence electrons. The molecule has 0 bridgehead atoms. The Morgan fingerprint density at radius 3 is 2.62 bits per heavy atom. The maximum Gasteiger partial charge on any atom is 0.325 e. The largest absolute Gasteiger partial charge is 0.480 e. The molecule has 21 heavy (non-hydrogen) atoms. The summed E-state index contributed by atoms with van der Waals surface area (Å²) in [4.78, 5) is 11.5.